The van der Waals surface area contributed by atoms with Crippen molar-refractivity contribution in [3.05, 3.63) is 34.9 Å². The van der Waals surface area contributed by atoms with Crippen molar-refractivity contribution in [3.8, 4) is 0 Å². The van der Waals surface area contributed by atoms with E-state index < -0.39 is 0 Å². The average Bonchev–Trinajstić information content (AvgIpc) is 3.24. The molecule has 1 saturated heterocycles. The lowest BCUT2D eigenvalue weighted by molar-refractivity contribution is -0.140. The molecule has 1 heterocycles. The Morgan fingerprint density at radius 1 is 1.41 bits per heavy atom. The first kappa shape index (κ1) is 15.7. The van der Waals surface area contributed by atoms with E-state index in [2.05, 4.69) is 0 Å². The van der Waals surface area contributed by atoms with Gasteiger partial charge in [0.2, 0.25) is 11.8 Å². The fourth-order valence-corrected chi connectivity index (χ4v) is 3.81. The van der Waals surface area contributed by atoms with Crippen molar-refractivity contribution in [2.75, 3.05) is 18.2 Å². The van der Waals surface area contributed by atoms with Crippen molar-refractivity contribution in [1.29, 1.82) is 0 Å². The summed E-state index contributed by atoms with van der Waals surface area (Å²) in [6, 6.07) is 7.94. The topological polar surface area (TPSA) is 40.6 Å². The van der Waals surface area contributed by atoms with E-state index in [9.17, 15) is 9.59 Å². The van der Waals surface area contributed by atoms with Crippen LogP contribution in [0.25, 0.3) is 0 Å². The van der Waals surface area contributed by atoms with Crippen LogP contribution in [0.3, 0.4) is 0 Å². The summed E-state index contributed by atoms with van der Waals surface area (Å²) in [4.78, 5) is 28.0. The van der Waals surface area contributed by atoms with E-state index >= 15 is 0 Å². The van der Waals surface area contributed by atoms with Crippen molar-refractivity contribution in [3.63, 3.8) is 0 Å². The van der Waals surface area contributed by atoms with Crippen LogP contribution in [-0.4, -0.2) is 45.8 Å². The van der Waals surface area contributed by atoms with Gasteiger partial charge in [0.15, 0.2) is 0 Å². The predicted octanol–water partition coefficient (Wildman–Crippen LogP) is 2.92. The van der Waals surface area contributed by atoms with Gasteiger partial charge in [-0.3, -0.25) is 9.59 Å². The van der Waals surface area contributed by atoms with Gasteiger partial charge in [0.25, 0.3) is 0 Å². The summed E-state index contributed by atoms with van der Waals surface area (Å²) in [5.41, 5.74) is 1.08. The molecule has 0 N–H and O–H groups in total. The summed E-state index contributed by atoms with van der Waals surface area (Å²) in [6.07, 6.45) is 2.10. The molecule has 1 aromatic rings. The van der Waals surface area contributed by atoms with Gasteiger partial charge in [0, 0.05) is 11.1 Å². The molecule has 3 rings (SSSR count). The third-order valence-corrected chi connectivity index (χ3v) is 5.35. The largest absolute Gasteiger partial charge is 0.331 e. The molecular weight excluding hydrogens is 320 g/mol. The first-order valence-corrected chi connectivity index (χ1v) is 9.01. The van der Waals surface area contributed by atoms with Crippen LogP contribution in [0.15, 0.2) is 24.3 Å². The lowest BCUT2D eigenvalue weighted by atomic mass is 10.1. The van der Waals surface area contributed by atoms with Gasteiger partial charge in [-0.2, -0.15) is 0 Å². The number of hydrogen-bond donors (Lipinski definition) is 0. The molecule has 1 aromatic carbocycles. The van der Waals surface area contributed by atoms with Crippen molar-refractivity contribution in [1.82, 2.24) is 9.80 Å². The molecule has 118 valence electrons. The monoisotopic (exact) mass is 338 g/mol. The predicted molar refractivity (Wildman–Crippen MR) is 88.8 cm³/mol. The van der Waals surface area contributed by atoms with Crippen LogP contribution >= 0.6 is 23.4 Å². The number of hydrogen-bond acceptors (Lipinski definition) is 3. The van der Waals surface area contributed by atoms with Crippen LogP contribution in [0.5, 0.6) is 0 Å². The quantitative estimate of drug-likeness (QED) is 0.828. The van der Waals surface area contributed by atoms with Crippen LogP contribution in [0.1, 0.15) is 31.4 Å². The summed E-state index contributed by atoms with van der Waals surface area (Å²) in [5, 5.41) is 0.694. The van der Waals surface area contributed by atoms with Crippen molar-refractivity contribution in [2.24, 2.45) is 0 Å². The van der Waals surface area contributed by atoms with Gasteiger partial charge in [0.1, 0.15) is 6.54 Å². The molecule has 1 unspecified atom stereocenters. The Labute approximate surface area is 139 Å². The van der Waals surface area contributed by atoms with E-state index in [0.717, 1.165) is 18.4 Å². The first-order chi connectivity index (χ1) is 10.6. The molecule has 22 heavy (non-hydrogen) atoms. The molecule has 1 aliphatic heterocycles. The highest BCUT2D eigenvalue weighted by Crippen LogP contribution is 2.35. The Morgan fingerprint density at radius 2 is 2.09 bits per heavy atom. The summed E-state index contributed by atoms with van der Waals surface area (Å²) in [5.74, 6) is 1.22. The van der Waals surface area contributed by atoms with Gasteiger partial charge in [-0.25, -0.2) is 0 Å². The number of benzene rings is 1. The zero-order chi connectivity index (χ0) is 15.7. The Hall–Kier alpha value is -1.20. The number of halogens is 1. The van der Waals surface area contributed by atoms with Gasteiger partial charge in [-0.15, -0.1) is 11.8 Å². The molecular formula is C16H19ClN2O2S. The lowest BCUT2D eigenvalue weighted by Gasteiger charge is -2.31. The normalized spacial score (nSPS) is 19.4. The highest BCUT2D eigenvalue weighted by atomic mass is 35.5. The van der Waals surface area contributed by atoms with E-state index in [1.807, 2.05) is 36.1 Å². The van der Waals surface area contributed by atoms with Crippen molar-refractivity contribution in [2.45, 2.75) is 31.8 Å². The molecule has 2 fully saturated rings. The third-order valence-electron chi connectivity index (χ3n) is 4.15. The van der Waals surface area contributed by atoms with E-state index in [1.165, 1.54) is 0 Å². The van der Waals surface area contributed by atoms with E-state index in [4.69, 9.17) is 11.6 Å². The molecule has 0 radical (unpaired) electrons. The molecule has 2 aliphatic rings. The minimum atomic E-state index is 0.00243. The summed E-state index contributed by atoms with van der Waals surface area (Å²) in [7, 11) is 0. The van der Waals surface area contributed by atoms with Crippen LogP contribution in [-0.2, 0) is 9.59 Å². The first-order valence-electron chi connectivity index (χ1n) is 7.48. The fraction of sp³-hybridized carbons (Fsp3) is 0.500. The van der Waals surface area contributed by atoms with E-state index in [1.54, 1.807) is 16.7 Å². The van der Waals surface area contributed by atoms with E-state index in [-0.39, 0.29) is 24.4 Å². The van der Waals surface area contributed by atoms with Crippen LogP contribution < -0.4 is 0 Å². The lowest BCUT2D eigenvalue weighted by Crippen LogP contribution is -2.43. The second-order valence-electron chi connectivity index (χ2n) is 5.83. The number of rotatable bonds is 5. The van der Waals surface area contributed by atoms with Crippen molar-refractivity contribution >= 4 is 35.2 Å². The third kappa shape index (κ3) is 3.41. The van der Waals surface area contributed by atoms with Gasteiger partial charge in [-0.05, 0) is 37.5 Å². The van der Waals surface area contributed by atoms with Gasteiger partial charge >= 0.3 is 0 Å². The molecule has 6 heteroatoms. The maximum Gasteiger partial charge on any atom is 0.242 e. The smallest absolute Gasteiger partial charge is 0.242 e. The number of thioether (sulfide) groups is 1. The maximum absolute atomic E-state index is 12.7. The molecule has 0 bridgehead atoms. The minimum absolute atomic E-state index is 0.00243. The second-order valence-corrected chi connectivity index (χ2v) is 7.22. The molecule has 0 spiro atoms. The average molecular weight is 339 g/mol. The Kier molecular flexibility index (Phi) is 4.64. The Morgan fingerprint density at radius 3 is 2.64 bits per heavy atom. The molecule has 1 atom stereocenters. The highest BCUT2D eigenvalue weighted by molar-refractivity contribution is 8.00. The molecule has 1 aliphatic carbocycles. The SMILES string of the molecule is CC(c1ccc(Cl)cc1)N(C(=O)CN1CSCC1=O)C1CC1. The van der Waals surface area contributed by atoms with Gasteiger partial charge in [0.05, 0.1) is 17.7 Å². The number of amides is 2. The second kappa shape index (κ2) is 6.50. The molecule has 0 aromatic heterocycles. The van der Waals surface area contributed by atoms with Crippen LogP contribution in [0, 0.1) is 0 Å². The molecule has 2 amide bonds. The standard InChI is InChI=1S/C16H19ClN2O2S/c1-11(12-2-4-13(17)5-3-12)19(14-6-7-14)15(20)8-18-10-22-9-16(18)21/h2-5,11,14H,6-10H2,1H3. The Balaban J connectivity index is 1.72. The van der Waals surface area contributed by atoms with Crippen molar-refractivity contribution < 1.29 is 9.59 Å². The highest BCUT2D eigenvalue weighted by Gasteiger charge is 2.37. The minimum Gasteiger partial charge on any atom is -0.331 e. The summed E-state index contributed by atoms with van der Waals surface area (Å²) in [6.45, 7) is 2.24. The van der Waals surface area contributed by atoms with E-state index in [0.29, 0.717) is 22.7 Å². The molecule has 4 nitrogen and oxygen atoms in total. The fourth-order valence-electron chi connectivity index (χ4n) is 2.78. The van der Waals surface area contributed by atoms with Gasteiger partial charge in [-0.1, -0.05) is 23.7 Å². The zero-order valence-electron chi connectivity index (χ0n) is 12.5. The van der Waals surface area contributed by atoms with Gasteiger partial charge < -0.3 is 9.80 Å². The zero-order valence-corrected chi connectivity index (χ0v) is 14.1. The number of carbonyl (C=O) groups excluding carboxylic acids is 2. The number of carbonyl (C=O) groups is 2. The van der Waals surface area contributed by atoms with Crippen LogP contribution in [0.2, 0.25) is 5.02 Å². The maximum atomic E-state index is 12.7. The summed E-state index contributed by atoms with van der Waals surface area (Å²) >= 11 is 7.50. The molecule has 1 saturated carbocycles. The number of nitrogens with zero attached hydrogens (tertiary/aromatic N) is 2. The van der Waals surface area contributed by atoms with Crippen LogP contribution in [0.4, 0.5) is 0 Å². The summed E-state index contributed by atoms with van der Waals surface area (Å²) < 4.78 is 0. The Bertz CT molecular complexity index is 574.